The predicted octanol–water partition coefficient (Wildman–Crippen LogP) is 2.38. The molecule has 2 N–H and O–H groups in total. The highest BCUT2D eigenvalue weighted by Crippen LogP contribution is 2.22. The van der Waals surface area contributed by atoms with E-state index in [0.717, 1.165) is 41.1 Å². The third kappa shape index (κ3) is 3.70. The molecule has 0 aliphatic rings. The number of amides is 1. The molecule has 2 rings (SSSR count). The van der Waals surface area contributed by atoms with Crippen molar-refractivity contribution in [2.75, 3.05) is 0 Å². The Labute approximate surface area is 132 Å². The lowest BCUT2D eigenvalue weighted by Crippen LogP contribution is -2.41. The highest BCUT2D eigenvalue weighted by atomic mass is 32.2. The number of aryl methyl sites for hydroxylation is 2. The number of carbonyl (C=O) groups is 1. The summed E-state index contributed by atoms with van der Waals surface area (Å²) in [5, 5.41) is 0. The molecule has 0 saturated heterocycles. The molecule has 22 heavy (non-hydrogen) atoms. The van der Waals surface area contributed by atoms with E-state index in [-0.39, 0.29) is 4.90 Å². The Morgan fingerprint density at radius 3 is 2.45 bits per heavy atom. The molecule has 0 aliphatic heterocycles. The van der Waals surface area contributed by atoms with Gasteiger partial charge >= 0.3 is 0 Å². The summed E-state index contributed by atoms with van der Waals surface area (Å²) in [5.74, 6) is -1.07. The number of rotatable bonds is 5. The van der Waals surface area contributed by atoms with Crippen LogP contribution in [-0.2, 0) is 16.4 Å². The summed E-state index contributed by atoms with van der Waals surface area (Å²) in [4.78, 5) is 15.3. The number of hydrogen-bond donors (Lipinski definition) is 2. The zero-order valence-corrected chi connectivity index (χ0v) is 13.6. The summed E-state index contributed by atoms with van der Waals surface area (Å²) in [5.41, 5.74) is 3.16. The van der Waals surface area contributed by atoms with Gasteiger partial charge in [0.2, 0.25) is 0 Å². The molecule has 5 nitrogen and oxygen atoms in total. The molecule has 2 aromatic rings. The molecule has 0 fully saturated rings. The molecular weight excluding hydrogens is 327 g/mol. The van der Waals surface area contributed by atoms with E-state index in [2.05, 4.69) is 5.43 Å². The second-order valence-electron chi connectivity index (χ2n) is 4.58. The predicted molar refractivity (Wildman–Crippen MR) is 82.6 cm³/mol. The van der Waals surface area contributed by atoms with Crippen LogP contribution in [-0.4, -0.2) is 14.3 Å². The van der Waals surface area contributed by atoms with Crippen molar-refractivity contribution in [3.8, 4) is 0 Å². The van der Waals surface area contributed by atoms with Crippen LogP contribution in [0.5, 0.6) is 0 Å². The van der Waals surface area contributed by atoms with Crippen LogP contribution in [0.1, 0.15) is 27.0 Å². The van der Waals surface area contributed by atoms with E-state index in [1.165, 1.54) is 11.3 Å². The summed E-state index contributed by atoms with van der Waals surface area (Å²) >= 11 is 1.32. The first-order chi connectivity index (χ1) is 10.3. The van der Waals surface area contributed by atoms with E-state index in [1.807, 2.05) is 18.7 Å². The van der Waals surface area contributed by atoms with E-state index < -0.39 is 21.7 Å². The standard InChI is InChI=1S/C14H15FN2O3S2/c1-3-12-9(2)8-13(21-12)14(18)16-17-22(19,20)11-6-4-10(15)5-7-11/h4-8,17H,3H2,1-2H3,(H,16,18). The second-order valence-corrected chi connectivity index (χ2v) is 7.40. The number of hydrogen-bond acceptors (Lipinski definition) is 4. The van der Waals surface area contributed by atoms with Gasteiger partial charge in [-0.2, -0.15) is 0 Å². The fourth-order valence-electron chi connectivity index (χ4n) is 1.83. The maximum Gasteiger partial charge on any atom is 0.276 e. The Kier molecular flexibility index (Phi) is 4.94. The van der Waals surface area contributed by atoms with Crippen molar-refractivity contribution in [3.63, 3.8) is 0 Å². The summed E-state index contributed by atoms with van der Waals surface area (Å²) in [6, 6.07) is 6.02. The van der Waals surface area contributed by atoms with Gasteiger partial charge in [0.05, 0.1) is 9.77 Å². The molecule has 0 spiro atoms. The molecule has 0 radical (unpaired) electrons. The van der Waals surface area contributed by atoms with Crippen LogP contribution in [0.4, 0.5) is 4.39 Å². The molecule has 118 valence electrons. The van der Waals surface area contributed by atoms with Crippen molar-refractivity contribution in [2.45, 2.75) is 25.2 Å². The van der Waals surface area contributed by atoms with Crippen LogP contribution in [0.25, 0.3) is 0 Å². The molecule has 0 unspecified atom stereocenters. The van der Waals surface area contributed by atoms with Gasteiger partial charge in [-0.1, -0.05) is 6.92 Å². The molecule has 0 atom stereocenters. The lowest BCUT2D eigenvalue weighted by atomic mass is 10.2. The first-order valence-electron chi connectivity index (χ1n) is 6.50. The molecular formula is C14H15FN2O3S2. The Balaban J connectivity index is 2.08. The van der Waals surface area contributed by atoms with E-state index in [9.17, 15) is 17.6 Å². The van der Waals surface area contributed by atoms with Gasteiger partial charge in [0.15, 0.2) is 0 Å². The minimum Gasteiger partial charge on any atom is -0.273 e. The topological polar surface area (TPSA) is 75.3 Å². The molecule has 1 amide bonds. The number of hydrazine groups is 1. The van der Waals surface area contributed by atoms with Crippen LogP contribution >= 0.6 is 11.3 Å². The third-order valence-electron chi connectivity index (χ3n) is 2.99. The van der Waals surface area contributed by atoms with E-state index in [0.29, 0.717) is 4.88 Å². The smallest absolute Gasteiger partial charge is 0.273 e. The summed E-state index contributed by atoms with van der Waals surface area (Å²) in [6.45, 7) is 3.88. The van der Waals surface area contributed by atoms with Crippen molar-refractivity contribution >= 4 is 27.3 Å². The zero-order valence-electron chi connectivity index (χ0n) is 12.0. The highest BCUT2D eigenvalue weighted by molar-refractivity contribution is 7.89. The molecule has 0 saturated carbocycles. The molecule has 1 aromatic heterocycles. The summed E-state index contributed by atoms with van der Waals surface area (Å²) in [7, 11) is -3.93. The first-order valence-corrected chi connectivity index (χ1v) is 8.80. The van der Waals surface area contributed by atoms with Gasteiger partial charge < -0.3 is 0 Å². The lowest BCUT2D eigenvalue weighted by molar-refractivity contribution is 0.0949. The second kappa shape index (κ2) is 6.55. The molecule has 1 aromatic carbocycles. The minimum atomic E-state index is -3.93. The van der Waals surface area contributed by atoms with Crippen molar-refractivity contribution in [1.29, 1.82) is 0 Å². The minimum absolute atomic E-state index is 0.134. The Morgan fingerprint density at radius 1 is 1.27 bits per heavy atom. The van der Waals surface area contributed by atoms with Crippen LogP contribution in [0, 0.1) is 12.7 Å². The maximum atomic E-state index is 12.8. The van der Waals surface area contributed by atoms with Crippen molar-refractivity contribution in [3.05, 3.63) is 51.5 Å². The third-order valence-corrected chi connectivity index (χ3v) is 5.63. The largest absolute Gasteiger partial charge is 0.276 e. The monoisotopic (exact) mass is 342 g/mol. The normalized spacial score (nSPS) is 11.4. The lowest BCUT2D eigenvalue weighted by Gasteiger charge is -2.07. The van der Waals surface area contributed by atoms with Crippen molar-refractivity contribution < 1.29 is 17.6 Å². The van der Waals surface area contributed by atoms with E-state index in [4.69, 9.17) is 0 Å². The quantitative estimate of drug-likeness (QED) is 0.819. The van der Waals surface area contributed by atoms with Crippen LogP contribution in [0.15, 0.2) is 35.2 Å². The number of nitrogens with one attached hydrogen (secondary N) is 2. The Morgan fingerprint density at radius 2 is 1.91 bits per heavy atom. The van der Waals surface area contributed by atoms with Crippen LogP contribution in [0.3, 0.4) is 0 Å². The van der Waals surface area contributed by atoms with Gasteiger partial charge in [-0.15, -0.1) is 16.2 Å². The van der Waals surface area contributed by atoms with Crippen molar-refractivity contribution in [1.82, 2.24) is 10.3 Å². The maximum absolute atomic E-state index is 12.8. The molecule has 1 heterocycles. The Bertz CT molecular complexity index is 783. The Hall–Kier alpha value is -1.77. The van der Waals surface area contributed by atoms with Crippen LogP contribution in [0.2, 0.25) is 0 Å². The van der Waals surface area contributed by atoms with Crippen LogP contribution < -0.4 is 10.3 Å². The number of halogens is 1. The molecule has 8 heteroatoms. The molecule has 0 aliphatic carbocycles. The van der Waals surface area contributed by atoms with Crippen molar-refractivity contribution in [2.24, 2.45) is 0 Å². The fraction of sp³-hybridized carbons (Fsp3) is 0.214. The van der Waals surface area contributed by atoms with Gasteiger partial charge in [-0.3, -0.25) is 10.2 Å². The number of thiophene rings is 1. The number of carbonyl (C=O) groups excluding carboxylic acids is 1. The summed E-state index contributed by atoms with van der Waals surface area (Å²) < 4.78 is 36.7. The number of benzene rings is 1. The van der Waals surface area contributed by atoms with Gasteiger partial charge in [0.25, 0.3) is 15.9 Å². The van der Waals surface area contributed by atoms with Gasteiger partial charge in [-0.25, -0.2) is 12.8 Å². The van der Waals surface area contributed by atoms with E-state index in [1.54, 1.807) is 6.07 Å². The average molecular weight is 342 g/mol. The highest BCUT2D eigenvalue weighted by Gasteiger charge is 2.17. The zero-order chi connectivity index (χ0) is 16.3. The summed E-state index contributed by atoms with van der Waals surface area (Å²) in [6.07, 6.45) is 0.811. The van der Waals surface area contributed by atoms with Gasteiger partial charge in [0.1, 0.15) is 5.82 Å². The molecule has 0 bridgehead atoms. The fourth-order valence-corrected chi connectivity index (χ4v) is 3.68. The first kappa shape index (κ1) is 16.6. The van der Waals surface area contributed by atoms with Gasteiger partial charge in [-0.05, 0) is 49.2 Å². The average Bonchev–Trinajstić information content (AvgIpc) is 2.86. The SMILES string of the molecule is CCc1sc(C(=O)NNS(=O)(=O)c2ccc(F)cc2)cc1C. The van der Waals surface area contributed by atoms with E-state index >= 15 is 0 Å². The number of sulfonamides is 1. The van der Waals surface area contributed by atoms with Gasteiger partial charge in [0, 0.05) is 4.88 Å².